The van der Waals surface area contributed by atoms with Crippen molar-refractivity contribution in [3.8, 4) is 0 Å². The Morgan fingerprint density at radius 3 is 2.82 bits per heavy atom. The number of nitrogens with one attached hydrogen (secondary N) is 2. The van der Waals surface area contributed by atoms with E-state index in [2.05, 4.69) is 10.6 Å². The van der Waals surface area contributed by atoms with Crippen LogP contribution in [0.5, 0.6) is 0 Å². The summed E-state index contributed by atoms with van der Waals surface area (Å²) in [6.45, 7) is 3.58. The van der Waals surface area contributed by atoms with Gasteiger partial charge in [-0.2, -0.15) is 0 Å². The molecular weight excluding hydrogens is 220 g/mol. The predicted octanol–water partition coefficient (Wildman–Crippen LogP) is 0.746. The fraction of sp³-hybridized carbons (Fsp3) is 0.833. The standard InChI is InChI=1S/C12H22N2O3/c1-9(4-5-11(15)16)6-8-14-12(17)10-3-2-7-13-10/h9-10,13H,2-8H2,1H3,(H,14,17)(H,15,16)/t9?,10-/m1/s1. The molecule has 0 aromatic rings. The summed E-state index contributed by atoms with van der Waals surface area (Å²) in [7, 11) is 0. The van der Waals surface area contributed by atoms with Gasteiger partial charge in [0, 0.05) is 13.0 Å². The first-order chi connectivity index (χ1) is 8.09. The average Bonchev–Trinajstić information content (AvgIpc) is 2.79. The third-order valence-electron chi connectivity index (χ3n) is 3.16. The van der Waals surface area contributed by atoms with Crippen LogP contribution < -0.4 is 10.6 Å². The summed E-state index contributed by atoms with van der Waals surface area (Å²) in [5, 5.41) is 14.6. The van der Waals surface area contributed by atoms with E-state index in [1.165, 1.54) is 0 Å². The van der Waals surface area contributed by atoms with Gasteiger partial charge in [0.15, 0.2) is 0 Å². The number of carboxylic acid groups (broad SMARTS) is 1. The van der Waals surface area contributed by atoms with Gasteiger partial charge in [-0.25, -0.2) is 0 Å². The molecule has 1 aliphatic heterocycles. The first kappa shape index (κ1) is 14.0. The highest BCUT2D eigenvalue weighted by atomic mass is 16.4. The molecule has 2 atom stereocenters. The molecule has 0 aliphatic carbocycles. The highest BCUT2D eigenvalue weighted by Gasteiger charge is 2.21. The summed E-state index contributed by atoms with van der Waals surface area (Å²) in [5.41, 5.74) is 0. The lowest BCUT2D eigenvalue weighted by Gasteiger charge is -2.13. The molecule has 5 nitrogen and oxygen atoms in total. The molecule has 1 unspecified atom stereocenters. The van der Waals surface area contributed by atoms with Gasteiger partial charge in [0.2, 0.25) is 5.91 Å². The normalized spacial score (nSPS) is 21.1. The molecule has 17 heavy (non-hydrogen) atoms. The minimum atomic E-state index is -0.754. The van der Waals surface area contributed by atoms with Crippen LogP contribution in [0.25, 0.3) is 0 Å². The Hall–Kier alpha value is -1.10. The Balaban J connectivity index is 2.06. The third-order valence-corrected chi connectivity index (χ3v) is 3.16. The maximum atomic E-state index is 11.6. The van der Waals surface area contributed by atoms with Crippen LogP contribution >= 0.6 is 0 Å². The van der Waals surface area contributed by atoms with Crippen LogP contribution in [0, 0.1) is 5.92 Å². The topological polar surface area (TPSA) is 78.4 Å². The number of carbonyl (C=O) groups excluding carboxylic acids is 1. The quantitative estimate of drug-likeness (QED) is 0.615. The molecule has 0 saturated carbocycles. The number of amides is 1. The largest absolute Gasteiger partial charge is 0.481 e. The van der Waals surface area contributed by atoms with Crippen LogP contribution in [0.3, 0.4) is 0 Å². The summed E-state index contributed by atoms with van der Waals surface area (Å²) in [5.74, 6) is -0.341. The van der Waals surface area contributed by atoms with Gasteiger partial charge < -0.3 is 15.7 Å². The smallest absolute Gasteiger partial charge is 0.303 e. The molecule has 0 aromatic carbocycles. The Bertz CT molecular complexity index is 262. The van der Waals surface area contributed by atoms with E-state index in [1.54, 1.807) is 0 Å². The van der Waals surface area contributed by atoms with Crippen LogP contribution in [0.4, 0.5) is 0 Å². The molecule has 1 rings (SSSR count). The van der Waals surface area contributed by atoms with E-state index in [1.807, 2.05) is 6.92 Å². The van der Waals surface area contributed by atoms with Crippen molar-refractivity contribution >= 4 is 11.9 Å². The van der Waals surface area contributed by atoms with Crippen molar-refractivity contribution in [1.29, 1.82) is 0 Å². The monoisotopic (exact) mass is 242 g/mol. The molecule has 3 N–H and O–H groups in total. The molecule has 1 saturated heterocycles. The van der Waals surface area contributed by atoms with E-state index >= 15 is 0 Å². The van der Waals surface area contributed by atoms with Crippen molar-refractivity contribution in [2.45, 2.75) is 45.1 Å². The molecule has 1 heterocycles. The Kier molecular flexibility index (Phi) is 5.97. The van der Waals surface area contributed by atoms with Gasteiger partial charge in [0.1, 0.15) is 0 Å². The van der Waals surface area contributed by atoms with Gasteiger partial charge in [-0.3, -0.25) is 9.59 Å². The first-order valence-electron chi connectivity index (χ1n) is 6.32. The van der Waals surface area contributed by atoms with E-state index in [-0.39, 0.29) is 18.4 Å². The lowest BCUT2D eigenvalue weighted by atomic mass is 10.0. The lowest BCUT2D eigenvalue weighted by Crippen LogP contribution is -2.41. The SMILES string of the molecule is CC(CCNC(=O)[C@H]1CCCN1)CCC(=O)O. The molecule has 0 bridgehead atoms. The Labute approximate surface area is 102 Å². The fourth-order valence-electron chi connectivity index (χ4n) is 1.99. The molecule has 1 aliphatic rings. The van der Waals surface area contributed by atoms with Gasteiger partial charge in [-0.05, 0) is 38.1 Å². The minimum Gasteiger partial charge on any atom is -0.481 e. The molecule has 1 fully saturated rings. The number of hydrogen-bond donors (Lipinski definition) is 3. The Morgan fingerprint density at radius 1 is 1.47 bits per heavy atom. The van der Waals surface area contributed by atoms with Crippen molar-refractivity contribution < 1.29 is 14.7 Å². The van der Waals surface area contributed by atoms with Gasteiger partial charge in [0.05, 0.1) is 6.04 Å². The molecule has 98 valence electrons. The second kappa shape index (κ2) is 7.27. The fourth-order valence-corrected chi connectivity index (χ4v) is 1.99. The number of carbonyl (C=O) groups is 2. The maximum Gasteiger partial charge on any atom is 0.303 e. The van der Waals surface area contributed by atoms with Crippen LogP contribution in [0.1, 0.15) is 39.0 Å². The predicted molar refractivity (Wildman–Crippen MR) is 64.7 cm³/mol. The van der Waals surface area contributed by atoms with Gasteiger partial charge in [-0.15, -0.1) is 0 Å². The molecule has 0 spiro atoms. The van der Waals surface area contributed by atoms with Crippen molar-refractivity contribution in [3.05, 3.63) is 0 Å². The van der Waals surface area contributed by atoms with Gasteiger partial charge in [0.25, 0.3) is 0 Å². The van der Waals surface area contributed by atoms with Gasteiger partial charge >= 0.3 is 5.97 Å². The molecule has 0 aromatic heterocycles. The van der Waals surface area contributed by atoms with Crippen molar-refractivity contribution in [3.63, 3.8) is 0 Å². The minimum absolute atomic E-state index is 0.0238. The van der Waals surface area contributed by atoms with Gasteiger partial charge in [-0.1, -0.05) is 6.92 Å². The number of hydrogen-bond acceptors (Lipinski definition) is 3. The van der Waals surface area contributed by atoms with E-state index in [9.17, 15) is 9.59 Å². The summed E-state index contributed by atoms with van der Waals surface area (Å²) in [6, 6.07) is -0.0238. The molecule has 5 heteroatoms. The number of aliphatic carboxylic acids is 1. The Morgan fingerprint density at radius 2 is 2.24 bits per heavy atom. The van der Waals surface area contributed by atoms with E-state index < -0.39 is 5.97 Å². The summed E-state index contributed by atoms with van der Waals surface area (Å²) < 4.78 is 0. The average molecular weight is 242 g/mol. The van der Waals surface area contributed by atoms with Crippen LogP contribution in [-0.2, 0) is 9.59 Å². The lowest BCUT2D eigenvalue weighted by molar-refractivity contribution is -0.137. The van der Waals surface area contributed by atoms with E-state index in [0.717, 1.165) is 25.8 Å². The second-order valence-corrected chi connectivity index (χ2v) is 4.77. The third kappa shape index (κ3) is 5.68. The molecular formula is C12H22N2O3. The van der Waals surface area contributed by atoms with Crippen LogP contribution in [0.2, 0.25) is 0 Å². The zero-order valence-corrected chi connectivity index (χ0v) is 10.4. The van der Waals surface area contributed by atoms with Crippen molar-refractivity contribution in [1.82, 2.24) is 10.6 Å². The highest BCUT2D eigenvalue weighted by molar-refractivity contribution is 5.81. The molecule has 1 amide bonds. The van der Waals surface area contributed by atoms with Crippen LogP contribution in [-0.4, -0.2) is 36.1 Å². The van der Waals surface area contributed by atoms with Crippen molar-refractivity contribution in [2.75, 3.05) is 13.1 Å². The van der Waals surface area contributed by atoms with Crippen molar-refractivity contribution in [2.24, 2.45) is 5.92 Å². The zero-order chi connectivity index (χ0) is 12.7. The zero-order valence-electron chi connectivity index (χ0n) is 10.4. The first-order valence-corrected chi connectivity index (χ1v) is 6.32. The summed E-state index contributed by atoms with van der Waals surface area (Å²) >= 11 is 0. The highest BCUT2D eigenvalue weighted by Crippen LogP contribution is 2.09. The van der Waals surface area contributed by atoms with Crippen LogP contribution in [0.15, 0.2) is 0 Å². The summed E-state index contributed by atoms with van der Waals surface area (Å²) in [6.07, 6.45) is 3.70. The summed E-state index contributed by atoms with van der Waals surface area (Å²) in [4.78, 5) is 22.0. The number of carboxylic acids is 1. The van der Waals surface area contributed by atoms with E-state index in [4.69, 9.17) is 5.11 Å². The van der Waals surface area contributed by atoms with E-state index in [0.29, 0.717) is 18.9 Å². The maximum absolute atomic E-state index is 11.6. The molecule has 0 radical (unpaired) electrons. The number of rotatable bonds is 7. The second-order valence-electron chi connectivity index (χ2n) is 4.77.